The first-order valence-corrected chi connectivity index (χ1v) is 11.6. The van der Waals surface area contributed by atoms with E-state index in [1.54, 1.807) is 24.3 Å². The average Bonchev–Trinajstić information content (AvgIpc) is 3.27. The molecule has 0 bridgehead atoms. The summed E-state index contributed by atoms with van der Waals surface area (Å²) >= 11 is 0. The summed E-state index contributed by atoms with van der Waals surface area (Å²) in [6.45, 7) is 3.93. The zero-order valence-corrected chi connectivity index (χ0v) is 20.8. The number of nitrogens with zero attached hydrogens (tertiary/aromatic N) is 2. The molecule has 2 atom stereocenters. The van der Waals surface area contributed by atoms with Crippen molar-refractivity contribution < 1.29 is 28.6 Å². The second-order valence-corrected chi connectivity index (χ2v) is 8.83. The van der Waals surface area contributed by atoms with E-state index in [1.165, 1.54) is 21.3 Å². The SMILES string of the molecule is COc1cc(C(C#N)(CCCC(CC2Oc3ccccc3O2)[N+](=O)[O-])C(C)C)cc(OC)c1OC. The Kier molecular flexibility index (Phi) is 8.28. The Morgan fingerprint density at radius 2 is 1.66 bits per heavy atom. The van der Waals surface area contributed by atoms with Gasteiger partial charge in [0.1, 0.15) is 0 Å². The average molecular weight is 485 g/mol. The smallest absolute Gasteiger partial charge is 0.248 e. The van der Waals surface area contributed by atoms with Crippen molar-refractivity contribution in [2.75, 3.05) is 21.3 Å². The highest BCUT2D eigenvalue weighted by Crippen LogP contribution is 2.45. The van der Waals surface area contributed by atoms with E-state index in [-0.39, 0.29) is 23.7 Å². The van der Waals surface area contributed by atoms with Crippen LogP contribution in [-0.4, -0.2) is 38.6 Å². The topological polar surface area (TPSA) is 113 Å². The Morgan fingerprint density at radius 1 is 1.09 bits per heavy atom. The van der Waals surface area contributed by atoms with Gasteiger partial charge in [0.2, 0.25) is 18.1 Å². The lowest BCUT2D eigenvalue weighted by molar-refractivity contribution is -0.527. The molecule has 1 heterocycles. The van der Waals surface area contributed by atoms with E-state index in [2.05, 4.69) is 6.07 Å². The summed E-state index contributed by atoms with van der Waals surface area (Å²) in [6, 6.07) is 12.4. The molecule has 9 heteroatoms. The largest absolute Gasteiger partial charge is 0.493 e. The second kappa shape index (κ2) is 11.2. The van der Waals surface area contributed by atoms with Gasteiger partial charge >= 0.3 is 0 Å². The Morgan fingerprint density at radius 3 is 2.09 bits per heavy atom. The molecule has 0 aliphatic carbocycles. The predicted octanol–water partition coefficient (Wildman–Crippen LogP) is 5.13. The Labute approximate surface area is 205 Å². The van der Waals surface area contributed by atoms with Crippen molar-refractivity contribution in [2.24, 2.45) is 5.92 Å². The van der Waals surface area contributed by atoms with Crippen molar-refractivity contribution in [3.63, 3.8) is 0 Å². The van der Waals surface area contributed by atoms with Crippen molar-refractivity contribution >= 4 is 0 Å². The van der Waals surface area contributed by atoms with Crippen LogP contribution in [0.25, 0.3) is 0 Å². The highest BCUT2D eigenvalue weighted by atomic mass is 16.7. The molecule has 0 spiro atoms. The standard InChI is InChI=1S/C26H32N2O7/c1-17(2)26(16-27,18-13-22(31-3)25(33-5)23(14-18)32-4)12-8-9-19(28(29)30)15-24-34-20-10-6-7-11-21(20)35-24/h6-7,10-11,13-14,17,19,24H,8-9,12,15H2,1-5H3. The highest BCUT2D eigenvalue weighted by molar-refractivity contribution is 5.56. The number of nitriles is 1. The quantitative estimate of drug-likeness (QED) is 0.301. The number of nitro groups is 1. The third-order valence-corrected chi connectivity index (χ3v) is 6.60. The molecule has 0 radical (unpaired) electrons. The van der Waals surface area contributed by atoms with Crippen LogP contribution in [0.3, 0.4) is 0 Å². The summed E-state index contributed by atoms with van der Waals surface area (Å²) in [5.74, 6) is 2.47. The number of rotatable bonds is 12. The lowest BCUT2D eigenvalue weighted by Gasteiger charge is -2.32. The van der Waals surface area contributed by atoms with Crippen molar-refractivity contribution in [1.29, 1.82) is 5.26 Å². The molecule has 1 aliphatic heterocycles. The van der Waals surface area contributed by atoms with Crippen LogP contribution >= 0.6 is 0 Å². The third-order valence-electron chi connectivity index (χ3n) is 6.60. The van der Waals surface area contributed by atoms with Crippen LogP contribution in [0.5, 0.6) is 28.7 Å². The molecule has 188 valence electrons. The fourth-order valence-electron chi connectivity index (χ4n) is 4.55. The number of ether oxygens (including phenoxy) is 5. The molecule has 9 nitrogen and oxygen atoms in total. The van der Waals surface area contributed by atoms with Gasteiger partial charge in [-0.1, -0.05) is 26.0 Å². The zero-order chi connectivity index (χ0) is 25.6. The first-order valence-electron chi connectivity index (χ1n) is 11.6. The first-order chi connectivity index (χ1) is 16.8. The summed E-state index contributed by atoms with van der Waals surface area (Å²) in [4.78, 5) is 11.5. The van der Waals surface area contributed by atoms with Crippen LogP contribution in [0.2, 0.25) is 0 Å². The van der Waals surface area contributed by atoms with Gasteiger partial charge in [-0.2, -0.15) is 5.26 Å². The van der Waals surface area contributed by atoms with E-state index in [4.69, 9.17) is 23.7 Å². The lowest BCUT2D eigenvalue weighted by atomic mass is 9.69. The van der Waals surface area contributed by atoms with Gasteiger partial charge in [-0.05, 0) is 48.6 Å². The van der Waals surface area contributed by atoms with Gasteiger partial charge in [0.05, 0.1) is 39.2 Å². The van der Waals surface area contributed by atoms with E-state index in [0.29, 0.717) is 41.6 Å². The van der Waals surface area contributed by atoms with Gasteiger partial charge in [-0.15, -0.1) is 0 Å². The molecule has 1 aliphatic rings. The van der Waals surface area contributed by atoms with Gasteiger partial charge < -0.3 is 23.7 Å². The van der Waals surface area contributed by atoms with E-state index in [1.807, 2.05) is 26.0 Å². The molecule has 0 saturated heterocycles. The summed E-state index contributed by atoms with van der Waals surface area (Å²) < 4.78 is 27.8. The minimum absolute atomic E-state index is 0.0691. The summed E-state index contributed by atoms with van der Waals surface area (Å²) in [7, 11) is 4.57. The van der Waals surface area contributed by atoms with E-state index >= 15 is 0 Å². The number of hydrogen-bond donors (Lipinski definition) is 0. The van der Waals surface area contributed by atoms with E-state index in [0.717, 1.165) is 5.56 Å². The first kappa shape index (κ1) is 25.9. The van der Waals surface area contributed by atoms with Crippen molar-refractivity contribution in [3.8, 4) is 34.8 Å². The predicted molar refractivity (Wildman–Crippen MR) is 129 cm³/mol. The van der Waals surface area contributed by atoms with Crippen LogP contribution in [0, 0.1) is 27.4 Å². The van der Waals surface area contributed by atoms with Crippen molar-refractivity contribution in [2.45, 2.75) is 57.3 Å². The maximum atomic E-state index is 11.8. The lowest BCUT2D eigenvalue weighted by Crippen LogP contribution is -2.33. The number of para-hydroxylation sites is 2. The molecule has 35 heavy (non-hydrogen) atoms. The molecule has 0 amide bonds. The Hall–Kier alpha value is -3.67. The molecule has 0 N–H and O–H groups in total. The highest BCUT2D eigenvalue weighted by Gasteiger charge is 2.39. The molecule has 0 saturated carbocycles. The molecule has 2 unspecified atom stereocenters. The molecular formula is C26H32N2O7. The van der Waals surface area contributed by atoms with Crippen molar-refractivity contribution in [3.05, 3.63) is 52.1 Å². The summed E-state index contributed by atoms with van der Waals surface area (Å²) in [5, 5.41) is 22.1. The Balaban J connectivity index is 1.76. The zero-order valence-electron chi connectivity index (χ0n) is 20.8. The van der Waals surface area contributed by atoms with Gasteiger partial charge in [0.15, 0.2) is 23.0 Å². The fourth-order valence-corrected chi connectivity index (χ4v) is 4.55. The van der Waals surface area contributed by atoms with Gasteiger partial charge in [-0.3, -0.25) is 10.1 Å². The maximum absolute atomic E-state index is 11.8. The molecule has 2 aromatic rings. The second-order valence-electron chi connectivity index (χ2n) is 8.83. The molecule has 3 rings (SSSR count). The molecular weight excluding hydrogens is 452 g/mol. The van der Waals surface area contributed by atoms with Gasteiger partial charge in [0, 0.05) is 11.3 Å². The van der Waals surface area contributed by atoms with Gasteiger partial charge in [0.25, 0.3) is 0 Å². The van der Waals surface area contributed by atoms with Crippen LogP contribution in [0.1, 0.15) is 45.1 Å². The third kappa shape index (κ3) is 5.37. The molecule has 0 aromatic heterocycles. The summed E-state index contributed by atoms with van der Waals surface area (Å²) in [5.41, 5.74) is -0.176. The fraction of sp³-hybridized carbons (Fsp3) is 0.500. The van der Waals surface area contributed by atoms with Crippen LogP contribution in [0.4, 0.5) is 0 Å². The number of methoxy groups -OCH3 is 3. The van der Waals surface area contributed by atoms with E-state index in [9.17, 15) is 15.4 Å². The number of fused-ring (bicyclic) bond motifs is 1. The molecule has 0 fully saturated rings. The van der Waals surface area contributed by atoms with Crippen LogP contribution in [0.15, 0.2) is 36.4 Å². The van der Waals surface area contributed by atoms with Crippen LogP contribution < -0.4 is 23.7 Å². The normalized spacial score (nSPS) is 15.2. The Bertz CT molecular complexity index is 1030. The van der Waals surface area contributed by atoms with E-state index < -0.39 is 17.7 Å². The van der Waals surface area contributed by atoms with Crippen molar-refractivity contribution in [1.82, 2.24) is 0 Å². The number of hydrogen-bond acceptors (Lipinski definition) is 8. The van der Waals surface area contributed by atoms with Crippen LogP contribution in [-0.2, 0) is 5.41 Å². The minimum Gasteiger partial charge on any atom is -0.493 e. The summed E-state index contributed by atoms with van der Waals surface area (Å²) in [6.07, 6.45) is 0.591. The number of benzene rings is 2. The minimum atomic E-state index is -0.898. The van der Waals surface area contributed by atoms with Gasteiger partial charge in [-0.25, -0.2) is 0 Å². The monoisotopic (exact) mass is 484 g/mol. The molecule has 2 aromatic carbocycles. The maximum Gasteiger partial charge on any atom is 0.248 e.